The molecule has 0 aromatic heterocycles. The third-order valence-corrected chi connectivity index (χ3v) is 3.46. The zero-order valence-electron chi connectivity index (χ0n) is 13.0. The number of halogens is 2. The third-order valence-electron chi connectivity index (χ3n) is 2.93. The van der Waals surface area contributed by atoms with Crippen LogP contribution < -0.4 is 10.2 Å². The summed E-state index contributed by atoms with van der Waals surface area (Å²) in [7, 11) is 0. The Morgan fingerprint density at radius 1 is 1.21 bits per heavy atom. The highest BCUT2D eigenvalue weighted by Crippen LogP contribution is 2.27. The Balaban J connectivity index is 1.82. The fraction of sp³-hybridized carbons (Fsp3) is 0.111. The van der Waals surface area contributed by atoms with Crippen molar-refractivity contribution in [2.24, 2.45) is 5.10 Å². The van der Waals surface area contributed by atoms with E-state index in [0.717, 1.165) is 5.56 Å². The molecule has 1 N–H and O–H groups in total. The fourth-order valence-electron chi connectivity index (χ4n) is 1.74. The van der Waals surface area contributed by atoms with Gasteiger partial charge in [-0.3, -0.25) is 4.79 Å². The zero-order valence-corrected chi connectivity index (χ0v) is 14.5. The summed E-state index contributed by atoms with van der Waals surface area (Å²) in [5.41, 5.74) is 4.14. The summed E-state index contributed by atoms with van der Waals surface area (Å²) in [6.07, 6.45) is 3.72. The van der Waals surface area contributed by atoms with E-state index in [-0.39, 0.29) is 12.5 Å². The first-order chi connectivity index (χ1) is 11.5. The van der Waals surface area contributed by atoms with Gasteiger partial charge in [0.15, 0.2) is 6.61 Å². The largest absolute Gasteiger partial charge is 0.482 e. The van der Waals surface area contributed by atoms with Crippen LogP contribution in [0.1, 0.15) is 12.5 Å². The van der Waals surface area contributed by atoms with Crippen LogP contribution in [-0.4, -0.2) is 18.2 Å². The average Bonchev–Trinajstić information content (AvgIpc) is 2.58. The number of benzene rings is 2. The minimum absolute atomic E-state index is 0.194. The fourth-order valence-corrected chi connectivity index (χ4v) is 2.20. The minimum Gasteiger partial charge on any atom is -0.482 e. The predicted octanol–water partition coefficient (Wildman–Crippen LogP) is 4.58. The highest BCUT2D eigenvalue weighted by Gasteiger charge is 2.05. The molecule has 0 aliphatic heterocycles. The van der Waals surface area contributed by atoms with Gasteiger partial charge in [0.2, 0.25) is 0 Å². The molecule has 0 bridgehead atoms. The molecule has 0 heterocycles. The molecule has 24 heavy (non-hydrogen) atoms. The maximum absolute atomic E-state index is 11.7. The van der Waals surface area contributed by atoms with Crippen LogP contribution in [0.5, 0.6) is 5.75 Å². The topological polar surface area (TPSA) is 50.7 Å². The van der Waals surface area contributed by atoms with Crippen LogP contribution in [0.3, 0.4) is 0 Å². The van der Waals surface area contributed by atoms with Crippen molar-refractivity contribution in [3.05, 3.63) is 70.2 Å². The molecule has 0 spiro atoms. The Labute approximate surface area is 150 Å². The third kappa shape index (κ3) is 6.07. The number of hydrazone groups is 1. The smallest absolute Gasteiger partial charge is 0.277 e. The second-order valence-corrected chi connectivity index (χ2v) is 5.74. The second-order valence-electron chi connectivity index (χ2n) is 4.90. The van der Waals surface area contributed by atoms with Crippen LogP contribution >= 0.6 is 23.2 Å². The number of nitrogens with one attached hydrogen (secondary N) is 1. The first-order valence-electron chi connectivity index (χ1n) is 7.19. The molecule has 6 heteroatoms. The van der Waals surface area contributed by atoms with E-state index in [4.69, 9.17) is 27.9 Å². The van der Waals surface area contributed by atoms with E-state index in [0.29, 0.717) is 21.5 Å². The van der Waals surface area contributed by atoms with E-state index in [2.05, 4.69) is 10.5 Å². The molecule has 2 aromatic rings. The lowest BCUT2D eigenvalue weighted by Gasteiger charge is -2.07. The van der Waals surface area contributed by atoms with Crippen LogP contribution in [0.15, 0.2) is 59.7 Å². The standard InChI is InChI=1S/C18H16Cl2N2O2/c1-13(7-8-14-5-3-2-4-6-14)21-22-18(23)12-24-17-10-9-15(19)11-16(17)20/h2-11H,12H2,1H3,(H,22,23)/b8-7-,21-13?. The lowest BCUT2D eigenvalue weighted by molar-refractivity contribution is -0.123. The lowest BCUT2D eigenvalue weighted by atomic mass is 10.2. The number of allylic oxidation sites excluding steroid dienone is 1. The van der Waals surface area contributed by atoms with Gasteiger partial charge in [0, 0.05) is 5.02 Å². The number of hydrogen-bond acceptors (Lipinski definition) is 3. The number of ether oxygens (including phenoxy) is 1. The molecule has 0 unspecified atom stereocenters. The zero-order chi connectivity index (χ0) is 17.4. The lowest BCUT2D eigenvalue weighted by Crippen LogP contribution is -2.25. The van der Waals surface area contributed by atoms with Gasteiger partial charge in [0.25, 0.3) is 5.91 Å². The summed E-state index contributed by atoms with van der Waals surface area (Å²) in [6.45, 7) is 1.59. The molecule has 0 fully saturated rings. The van der Waals surface area contributed by atoms with Crippen molar-refractivity contribution in [1.82, 2.24) is 5.43 Å². The molecule has 2 rings (SSSR count). The Kier molecular flexibility index (Phi) is 6.85. The van der Waals surface area contributed by atoms with Crippen molar-refractivity contribution < 1.29 is 9.53 Å². The molecule has 0 saturated heterocycles. The summed E-state index contributed by atoms with van der Waals surface area (Å²) in [5.74, 6) is 0.00868. The van der Waals surface area contributed by atoms with Gasteiger partial charge in [0.05, 0.1) is 10.7 Å². The van der Waals surface area contributed by atoms with Crippen molar-refractivity contribution in [3.63, 3.8) is 0 Å². The molecule has 0 saturated carbocycles. The Morgan fingerprint density at radius 2 is 1.96 bits per heavy atom. The minimum atomic E-state index is -0.381. The van der Waals surface area contributed by atoms with Crippen LogP contribution in [-0.2, 0) is 4.79 Å². The summed E-state index contributed by atoms with van der Waals surface area (Å²) in [4.78, 5) is 11.7. The molecule has 0 radical (unpaired) electrons. The Morgan fingerprint density at radius 3 is 2.67 bits per heavy atom. The molecular formula is C18H16Cl2N2O2. The Bertz CT molecular complexity index is 759. The molecule has 0 aliphatic rings. The van der Waals surface area contributed by atoms with Gasteiger partial charge >= 0.3 is 0 Å². The number of rotatable bonds is 6. The van der Waals surface area contributed by atoms with Crippen LogP contribution in [0.4, 0.5) is 0 Å². The molecule has 2 aromatic carbocycles. The summed E-state index contributed by atoms with van der Waals surface area (Å²) in [5, 5.41) is 4.83. The second kappa shape index (κ2) is 9.11. The van der Waals surface area contributed by atoms with Crippen LogP contribution in [0, 0.1) is 0 Å². The SMILES string of the molecule is CC(/C=C\c1ccccc1)=NNC(=O)COc1ccc(Cl)cc1Cl. The van der Waals surface area contributed by atoms with Crippen molar-refractivity contribution in [2.75, 3.05) is 6.61 Å². The monoisotopic (exact) mass is 362 g/mol. The van der Waals surface area contributed by atoms with Gasteiger partial charge < -0.3 is 4.74 Å². The van der Waals surface area contributed by atoms with Gasteiger partial charge in [-0.1, -0.05) is 59.6 Å². The van der Waals surface area contributed by atoms with Crippen LogP contribution in [0.2, 0.25) is 10.0 Å². The van der Waals surface area contributed by atoms with E-state index >= 15 is 0 Å². The number of carbonyl (C=O) groups is 1. The molecule has 0 aliphatic carbocycles. The average molecular weight is 363 g/mol. The first-order valence-corrected chi connectivity index (χ1v) is 7.94. The van der Waals surface area contributed by atoms with Crippen molar-refractivity contribution in [1.29, 1.82) is 0 Å². The highest BCUT2D eigenvalue weighted by atomic mass is 35.5. The number of hydrogen-bond donors (Lipinski definition) is 1. The number of amides is 1. The quantitative estimate of drug-likeness (QED) is 0.603. The van der Waals surface area contributed by atoms with E-state index < -0.39 is 0 Å². The van der Waals surface area contributed by atoms with Gasteiger partial charge in [-0.25, -0.2) is 5.43 Å². The molecular weight excluding hydrogens is 347 g/mol. The molecule has 0 atom stereocenters. The van der Waals surface area contributed by atoms with Gasteiger partial charge in [-0.2, -0.15) is 5.10 Å². The van der Waals surface area contributed by atoms with E-state index in [1.54, 1.807) is 25.1 Å². The normalized spacial score (nSPS) is 11.5. The molecule has 124 valence electrons. The van der Waals surface area contributed by atoms with Gasteiger partial charge in [-0.05, 0) is 36.8 Å². The van der Waals surface area contributed by atoms with Gasteiger partial charge in [-0.15, -0.1) is 0 Å². The predicted molar refractivity (Wildman–Crippen MR) is 98.7 cm³/mol. The molecule has 1 amide bonds. The van der Waals surface area contributed by atoms with Crippen molar-refractivity contribution in [3.8, 4) is 5.75 Å². The van der Waals surface area contributed by atoms with E-state index in [1.807, 2.05) is 42.5 Å². The van der Waals surface area contributed by atoms with E-state index in [1.165, 1.54) is 0 Å². The summed E-state index contributed by atoms with van der Waals surface area (Å²) >= 11 is 11.8. The number of carbonyl (C=O) groups excluding carboxylic acids is 1. The van der Waals surface area contributed by atoms with E-state index in [9.17, 15) is 4.79 Å². The number of nitrogens with zero attached hydrogens (tertiary/aromatic N) is 1. The summed E-state index contributed by atoms with van der Waals surface area (Å²) < 4.78 is 5.33. The van der Waals surface area contributed by atoms with Crippen LogP contribution in [0.25, 0.3) is 6.08 Å². The first kappa shape index (κ1) is 18.0. The maximum Gasteiger partial charge on any atom is 0.277 e. The summed E-state index contributed by atoms with van der Waals surface area (Å²) in [6, 6.07) is 14.6. The molecule has 4 nitrogen and oxygen atoms in total. The van der Waals surface area contributed by atoms with Crippen molar-refractivity contribution >= 4 is 40.9 Å². The Hall–Kier alpha value is -2.30. The van der Waals surface area contributed by atoms with Gasteiger partial charge in [0.1, 0.15) is 5.75 Å². The maximum atomic E-state index is 11.7. The highest BCUT2D eigenvalue weighted by molar-refractivity contribution is 6.35. The van der Waals surface area contributed by atoms with Crippen molar-refractivity contribution in [2.45, 2.75) is 6.92 Å².